The van der Waals surface area contributed by atoms with Crippen molar-refractivity contribution < 1.29 is 0 Å². The molecule has 0 bridgehead atoms. The van der Waals surface area contributed by atoms with Crippen molar-refractivity contribution in [2.75, 3.05) is 11.9 Å². The van der Waals surface area contributed by atoms with Crippen LogP contribution in [0.15, 0.2) is 24.3 Å². The van der Waals surface area contributed by atoms with Crippen molar-refractivity contribution in [1.82, 2.24) is 9.97 Å². The molecular formula is C17H23N3. The van der Waals surface area contributed by atoms with Gasteiger partial charge in [0.05, 0.1) is 0 Å². The molecule has 0 saturated carbocycles. The van der Waals surface area contributed by atoms with Gasteiger partial charge in [0.25, 0.3) is 0 Å². The quantitative estimate of drug-likeness (QED) is 0.891. The molecule has 0 unspecified atom stereocenters. The van der Waals surface area contributed by atoms with Crippen molar-refractivity contribution in [2.45, 2.75) is 40.5 Å². The standard InChI is InChI=1S/C17H23N3/c1-5-13-8-10-14(11-9-13)16-19-12(4)15(6-2)17(20-16)18-7-3/h8-11H,5-7H2,1-4H3,(H,18,19,20). The zero-order chi connectivity index (χ0) is 14.5. The van der Waals surface area contributed by atoms with E-state index in [1.165, 1.54) is 11.1 Å². The van der Waals surface area contributed by atoms with E-state index in [4.69, 9.17) is 4.98 Å². The van der Waals surface area contributed by atoms with Gasteiger partial charge in [-0.05, 0) is 32.3 Å². The molecule has 0 saturated heterocycles. The van der Waals surface area contributed by atoms with Crippen LogP contribution in [-0.4, -0.2) is 16.5 Å². The summed E-state index contributed by atoms with van der Waals surface area (Å²) >= 11 is 0. The van der Waals surface area contributed by atoms with Gasteiger partial charge in [0.15, 0.2) is 5.82 Å². The van der Waals surface area contributed by atoms with Crippen LogP contribution in [-0.2, 0) is 12.8 Å². The van der Waals surface area contributed by atoms with Gasteiger partial charge in [0, 0.05) is 23.4 Å². The van der Waals surface area contributed by atoms with Crippen molar-refractivity contribution in [3.05, 3.63) is 41.1 Å². The maximum absolute atomic E-state index is 4.70. The third kappa shape index (κ3) is 2.98. The van der Waals surface area contributed by atoms with Crippen LogP contribution in [0.4, 0.5) is 5.82 Å². The third-order valence-corrected chi connectivity index (χ3v) is 3.53. The van der Waals surface area contributed by atoms with Gasteiger partial charge in [-0.15, -0.1) is 0 Å². The highest BCUT2D eigenvalue weighted by Crippen LogP contribution is 2.23. The number of nitrogens with zero attached hydrogens (tertiary/aromatic N) is 2. The van der Waals surface area contributed by atoms with Crippen LogP contribution >= 0.6 is 0 Å². The largest absolute Gasteiger partial charge is 0.370 e. The first-order valence-corrected chi connectivity index (χ1v) is 7.40. The van der Waals surface area contributed by atoms with Crippen LogP contribution < -0.4 is 5.32 Å². The minimum Gasteiger partial charge on any atom is -0.370 e. The highest BCUT2D eigenvalue weighted by atomic mass is 15.0. The number of aryl methyl sites for hydroxylation is 2. The van der Waals surface area contributed by atoms with Crippen molar-refractivity contribution >= 4 is 5.82 Å². The molecule has 1 aromatic carbocycles. The molecule has 2 rings (SSSR count). The molecule has 1 heterocycles. The van der Waals surface area contributed by atoms with Crippen LogP contribution in [0.3, 0.4) is 0 Å². The Morgan fingerprint density at radius 1 is 0.950 bits per heavy atom. The lowest BCUT2D eigenvalue weighted by Crippen LogP contribution is -2.08. The van der Waals surface area contributed by atoms with Gasteiger partial charge >= 0.3 is 0 Å². The Bertz CT molecular complexity index is 574. The molecule has 0 amide bonds. The summed E-state index contributed by atoms with van der Waals surface area (Å²) in [4.78, 5) is 9.36. The average Bonchev–Trinajstić information content (AvgIpc) is 2.47. The monoisotopic (exact) mass is 269 g/mol. The van der Waals surface area contributed by atoms with Crippen LogP contribution in [0.1, 0.15) is 37.6 Å². The molecule has 2 aromatic rings. The van der Waals surface area contributed by atoms with Crippen LogP contribution in [0, 0.1) is 6.92 Å². The van der Waals surface area contributed by atoms with Crippen LogP contribution in [0.5, 0.6) is 0 Å². The zero-order valence-corrected chi connectivity index (χ0v) is 12.8. The van der Waals surface area contributed by atoms with E-state index in [9.17, 15) is 0 Å². The first kappa shape index (κ1) is 14.5. The molecule has 106 valence electrons. The molecule has 0 spiro atoms. The second kappa shape index (κ2) is 6.51. The number of aromatic nitrogens is 2. The Labute approximate surface area is 121 Å². The van der Waals surface area contributed by atoms with E-state index in [1.807, 2.05) is 0 Å². The van der Waals surface area contributed by atoms with E-state index in [2.05, 4.69) is 62.3 Å². The highest BCUT2D eigenvalue weighted by Gasteiger charge is 2.10. The zero-order valence-electron chi connectivity index (χ0n) is 12.8. The first-order chi connectivity index (χ1) is 9.69. The summed E-state index contributed by atoms with van der Waals surface area (Å²) in [5.41, 5.74) is 4.68. The fourth-order valence-corrected chi connectivity index (χ4v) is 2.35. The summed E-state index contributed by atoms with van der Waals surface area (Å²) in [5.74, 6) is 1.77. The molecule has 0 aliphatic rings. The topological polar surface area (TPSA) is 37.8 Å². The minimum atomic E-state index is 0.804. The van der Waals surface area contributed by atoms with Crippen molar-refractivity contribution in [3.63, 3.8) is 0 Å². The van der Waals surface area contributed by atoms with Crippen LogP contribution in [0.2, 0.25) is 0 Å². The normalized spacial score (nSPS) is 10.6. The predicted molar refractivity (Wildman–Crippen MR) is 85.1 cm³/mol. The van der Waals surface area contributed by atoms with E-state index in [-0.39, 0.29) is 0 Å². The highest BCUT2D eigenvalue weighted by molar-refractivity contribution is 5.60. The van der Waals surface area contributed by atoms with Crippen molar-refractivity contribution in [2.24, 2.45) is 0 Å². The molecule has 20 heavy (non-hydrogen) atoms. The van der Waals surface area contributed by atoms with Gasteiger partial charge in [-0.1, -0.05) is 38.1 Å². The first-order valence-electron chi connectivity index (χ1n) is 7.40. The number of hydrogen-bond donors (Lipinski definition) is 1. The lowest BCUT2D eigenvalue weighted by molar-refractivity contribution is 0.989. The second-order valence-electron chi connectivity index (χ2n) is 4.89. The molecule has 3 nitrogen and oxygen atoms in total. The number of anilines is 1. The van der Waals surface area contributed by atoms with E-state index in [0.717, 1.165) is 42.3 Å². The second-order valence-corrected chi connectivity index (χ2v) is 4.89. The summed E-state index contributed by atoms with van der Waals surface area (Å²) in [6, 6.07) is 8.51. The van der Waals surface area contributed by atoms with Gasteiger partial charge in [0.1, 0.15) is 5.82 Å². The Hall–Kier alpha value is -1.90. The summed E-state index contributed by atoms with van der Waals surface area (Å²) in [6.45, 7) is 9.33. The third-order valence-electron chi connectivity index (χ3n) is 3.53. The van der Waals surface area contributed by atoms with E-state index >= 15 is 0 Å². The van der Waals surface area contributed by atoms with Gasteiger partial charge in [-0.3, -0.25) is 0 Å². The Balaban J connectivity index is 2.45. The van der Waals surface area contributed by atoms with Gasteiger partial charge < -0.3 is 5.32 Å². The number of hydrogen-bond acceptors (Lipinski definition) is 3. The van der Waals surface area contributed by atoms with Crippen molar-refractivity contribution in [3.8, 4) is 11.4 Å². The molecule has 1 aromatic heterocycles. The number of nitrogens with one attached hydrogen (secondary N) is 1. The Kier molecular flexibility index (Phi) is 4.72. The summed E-state index contributed by atoms with van der Waals surface area (Å²) in [5, 5.41) is 3.35. The van der Waals surface area contributed by atoms with E-state index in [0.29, 0.717) is 0 Å². The smallest absolute Gasteiger partial charge is 0.161 e. The SMILES string of the molecule is CCNc1nc(-c2ccc(CC)cc2)nc(C)c1CC. The van der Waals surface area contributed by atoms with E-state index in [1.54, 1.807) is 0 Å². The molecule has 0 aliphatic heterocycles. The summed E-state index contributed by atoms with van der Waals surface area (Å²) in [7, 11) is 0. The number of benzene rings is 1. The van der Waals surface area contributed by atoms with Crippen LogP contribution in [0.25, 0.3) is 11.4 Å². The molecule has 0 radical (unpaired) electrons. The summed E-state index contributed by atoms with van der Waals surface area (Å²) < 4.78 is 0. The molecular weight excluding hydrogens is 246 g/mol. The maximum atomic E-state index is 4.70. The molecule has 0 aliphatic carbocycles. The van der Waals surface area contributed by atoms with Gasteiger partial charge in [0.2, 0.25) is 0 Å². The Morgan fingerprint density at radius 3 is 2.20 bits per heavy atom. The van der Waals surface area contributed by atoms with E-state index < -0.39 is 0 Å². The molecule has 0 fully saturated rings. The predicted octanol–water partition coefficient (Wildman–Crippen LogP) is 4.01. The minimum absolute atomic E-state index is 0.804. The van der Waals surface area contributed by atoms with Gasteiger partial charge in [-0.2, -0.15) is 0 Å². The number of rotatable bonds is 5. The van der Waals surface area contributed by atoms with Gasteiger partial charge in [-0.25, -0.2) is 9.97 Å². The molecule has 3 heteroatoms. The maximum Gasteiger partial charge on any atom is 0.161 e. The molecule has 0 atom stereocenters. The molecule has 1 N–H and O–H groups in total. The lowest BCUT2D eigenvalue weighted by atomic mass is 10.1. The van der Waals surface area contributed by atoms with Crippen molar-refractivity contribution in [1.29, 1.82) is 0 Å². The Morgan fingerprint density at radius 2 is 1.65 bits per heavy atom. The summed E-state index contributed by atoms with van der Waals surface area (Å²) in [6.07, 6.45) is 2.00. The fourth-order valence-electron chi connectivity index (χ4n) is 2.35. The average molecular weight is 269 g/mol. The fraction of sp³-hybridized carbons (Fsp3) is 0.412. The lowest BCUT2D eigenvalue weighted by Gasteiger charge is -2.13.